The lowest BCUT2D eigenvalue weighted by atomic mass is 10.1. The number of hydrogen-bond acceptors (Lipinski definition) is 2. The molecule has 84 valence electrons. The highest BCUT2D eigenvalue weighted by atomic mass is 19.4. The smallest absolute Gasteiger partial charge is 0.420 e. The predicted octanol–water partition coefficient (Wildman–Crippen LogP) is 2.86. The molecule has 6 heteroatoms. The third-order valence-electron chi connectivity index (χ3n) is 1.76. The van der Waals surface area contributed by atoms with Gasteiger partial charge >= 0.3 is 6.18 Å². The average Bonchev–Trinajstić information content (AvgIpc) is 2.15. The number of rotatable bonds is 2. The summed E-state index contributed by atoms with van der Waals surface area (Å²) in [7, 11) is 2.13. The molecule has 0 saturated carbocycles. The van der Waals surface area contributed by atoms with Gasteiger partial charge in [0.1, 0.15) is 11.3 Å². The van der Waals surface area contributed by atoms with E-state index in [4.69, 9.17) is 0 Å². The third kappa shape index (κ3) is 2.31. The quantitative estimate of drug-likeness (QED) is 0.719. The van der Waals surface area contributed by atoms with E-state index in [2.05, 4.69) is 9.47 Å². The second-order valence-electron chi connectivity index (χ2n) is 2.69. The molecule has 0 atom stereocenters. The third-order valence-corrected chi connectivity index (χ3v) is 1.76. The van der Waals surface area contributed by atoms with Crippen molar-refractivity contribution in [1.29, 1.82) is 0 Å². The molecular weight excluding hydrogens is 216 g/mol. The summed E-state index contributed by atoms with van der Waals surface area (Å²) >= 11 is 0. The Hall–Kier alpha value is -1.46. The fourth-order valence-corrected chi connectivity index (χ4v) is 1.10. The summed E-state index contributed by atoms with van der Waals surface area (Å²) in [5.74, 6) is -2.15. The summed E-state index contributed by atoms with van der Waals surface area (Å²) in [4.78, 5) is 0. The maximum absolute atomic E-state index is 13.1. The van der Waals surface area contributed by atoms with Crippen LogP contribution in [0.1, 0.15) is 5.56 Å². The lowest BCUT2D eigenvalue weighted by Gasteiger charge is -2.13. The summed E-state index contributed by atoms with van der Waals surface area (Å²) in [6.45, 7) is 0. The van der Waals surface area contributed by atoms with Crippen molar-refractivity contribution in [2.75, 3.05) is 14.2 Å². The van der Waals surface area contributed by atoms with Crippen LogP contribution >= 0.6 is 0 Å². The molecule has 0 aliphatic heterocycles. The van der Waals surface area contributed by atoms with Crippen molar-refractivity contribution in [2.24, 2.45) is 0 Å². The highest BCUT2D eigenvalue weighted by molar-refractivity contribution is 5.43. The molecule has 0 saturated heterocycles. The van der Waals surface area contributed by atoms with Gasteiger partial charge in [0.05, 0.1) is 14.2 Å². The zero-order valence-corrected chi connectivity index (χ0v) is 7.98. The standard InChI is InChI=1S/C9H8F4O2/c1-14-5-3-6(9(11,12)13)8(15-2)7(10)4-5/h3-4H,1-2H3. The lowest BCUT2D eigenvalue weighted by molar-refractivity contribution is -0.139. The minimum absolute atomic E-state index is 0.208. The average molecular weight is 224 g/mol. The van der Waals surface area contributed by atoms with Crippen molar-refractivity contribution in [3.8, 4) is 11.5 Å². The number of benzene rings is 1. The van der Waals surface area contributed by atoms with Gasteiger partial charge in [-0.2, -0.15) is 13.2 Å². The number of alkyl halides is 3. The molecule has 1 rings (SSSR count). The number of halogens is 4. The van der Waals surface area contributed by atoms with Gasteiger partial charge in [0.2, 0.25) is 0 Å². The molecule has 0 radical (unpaired) electrons. The normalized spacial score (nSPS) is 11.3. The van der Waals surface area contributed by atoms with Gasteiger partial charge in [-0.3, -0.25) is 0 Å². The number of methoxy groups -OCH3 is 2. The summed E-state index contributed by atoms with van der Waals surface area (Å²) in [5.41, 5.74) is -1.19. The van der Waals surface area contributed by atoms with Crippen molar-refractivity contribution >= 4 is 0 Å². The first-order valence-electron chi connectivity index (χ1n) is 3.89. The van der Waals surface area contributed by atoms with Crippen molar-refractivity contribution in [2.45, 2.75) is 6.18 Å². The lowest BCUT2D eigenvalue weighted by Crippen LogP contribution is -2.09. The topological polar surface area (TPSA) is 18.5 Å². The van der Waals surface area contributed by atoms with Crippen LogP contribution in [0.5, 0.6) is 11.5 Å². The fourth-order valence-electron chi connectivity index (χ4n) is 1.10. The molecule has 1 aromatic rings. The molecule has 1 aromatic carbocycles. The summed E-state index contributed by atoms with van der Waals surface area (Å²) in [6.07, 6.45) is -4.68. The van der Waals surface area contributed by atoms with Crippen LogP contribution in [0.3, 0.4) is 0 Å². The molecule has 2 nitrogen and oxygen atoms in total. The van der Waals surface area contributed by atoms with Gasteiger partial charge in [-0.1, -0.05) is 0 Å². The van der Waals surface area contributed by atoms with E-state index in [1.165, 1.54) is 0 Å². The van der Waals surface area contributed by atoms with Crippen LogP contribution in [0, 0.1) is 5.82 Å². The Bertz CT molecular complexity index is 360. The van der Waals surface area contributed by atoms with Gasteiger partial charge in [0, 0.05) is 6.07 Å². The monoisotopic (exact) mass is 224 g/mol. The summed E-state index contributed by atoms with van der Waals surface area (Å²) in [6, 6.07) is 1.51. The van der Waals surface area contributed by atoms with E-state index in [0.717, 1.165) is 20.3 Å². The first-order chi connectivity index (χ1) is 6.90. The van der Waals surface area contributed by atoms with Gasteiger partial charge < -0.3 is 9.47 Å². The van der Waals surface area contributed by atoms with Crippen LogP contribution in [0.15, 0.2) is 12.1 Å². The first kappa shape index (κ1) is 11.6. The molecule has 0 aliphatic rings. The van der Waals surface area contributed by atoms with Crippen LogP contribution in [0.25, 0.3) is 0 Å². The van der Waals surface area contributed by atoms with Gasteiger partial charge in [0.25, 0.3) is 0 Å². The highest BCUT2D eigenvalue weighted by Crippen LogP contribution is 2.39. The maximum Gasteiger partial charge on any atom is 0.420 e. The highest BCUT2D eigenvalue weighted by Gasteiger charge is 2.36. The molecule has 0 heterocycles. The van der Waals surface area contributed by atoms with E-state index in [1.54, 1.807) is 0 Å². The Morgan fingerprint density at radius 3 is 2.07 bits per heavy atom. The van der Waals surface area contributed by atoms with Crippen LogP contribution in [-0.2, 0) is 6.18 Å². The molecule has 0 unspecified atom stereocenters. The predicted molar refractivity (Wildman–Crippen MR) is 44.5 cm³/mol. The largest absolute Gasteiger partial charge is 0.497 e. The Morgan fingerprint density at radius 1 is 1.07 bits per heavy atom. The molecule has 0 amide bonds. The fraction of sp³-hybridized carbons (Fsp3) is 0.333. The molecule has 0 fully saturated rings. The van der Waals surface area contributed by atoms with Crippen molar-refractivity contribution in [3.63, 3.8) is 0 Å². The molecule has 0 aromatic heterocycles. The molecule has 15 heavy (non-hydrogen) atoms. The van der Waals surface area contributed by atoms with Crippen LogP contribution in [-0.4, -0.2) is 14.2 Å². The minimum atomic E-state index is -4.68. The summed E-state index contributed by atoms with van der Waals surface area (Å²) < 4.78 is 59.3. The van der Waals surface area contributed by atoms with Gasteiger partial charge in [-0.05, 0) is 6.07 Å². The van der Waals surface area contributed by atoms with E-state index in [0.29, 0.717) is 6.07 Å². The maximum atomic E-state index is 13.1. The van der Waals surface area contributed by atoms with E-state index in [9.17, 15) is 17.6 Å². The van der Waals surface area contributed by atoms with Crippen molar-refractivity contribution in [3.05, 3.63) is 23.5 Å². The minimum Gasteiger partial charge on any atom is -0.497 e. The van der Waals surface area contributed by atoms with Crippen molar-refractivity contribution in [1.82, 2.24) is 0 Å². The summed E-state index contributed by atoms with van der Waals surface area (Å²) in [5, 5.41) is 0. The van der Waals surface area contributed by atoms with Gasteiger partial charge in [-0.15, -0.1) is 0 Å². The number of ether oxygens (including phenoxy) is 2. The Balaban J connectivity index is 3.39. The zero-order valence-electron chi connectivity index (χ0n) is 7.98. The Morgan fingerprint density at radius 2 is 1.67 bits per heavy atom. The van der Waals surface area contributed by atoms with E-state index in [1.807, 2.05) is 0 Å². The Labute approximate surface area is 83.4 Å². The first-order valence-corrected chi connectivity index (χ1v) is 3.89. The molecular formula is C9H8F4O2. The van der Waals surface area contributed by atoms with Gasteiger partial charge in [-0.25, -0.2) is 4.39 Å². The second kappa shape index (κ2) is 3.96. The zero-order chi connectivity index (χ0) is 11.6. The van der Waals surface area contributed by atoms with Gasteiger partial charge in [0.15, 0.2) is 11.6 Å². The van der Waals surface area contributed by atoms with Crippen molar-refractivity contribution < 1.29 is 27.0 Å². The molecule has 0 spiro atoms. The Kier molecular flexibility index (Phi) is 3.06. The SMILES string of the molecule is COc1cc(F)c(OC)c(C(F)(F)F)c1. The number of hydrogen-bond donors (Lipinski definition) is 0. The van der Waals surface area contributed by atoms with Crippen LogP contribution in [0.2, 0.25) is 0 Å². The van der Waals surface area contributed by atoms with Crippen LogP contribution in [0.4, 0.5) is 17.6 Å². The van der Waals surface area contributed by atoms with E-state index < -0.39 is 23.3 Å². The van der Waals surface area contributed by atoms with Crippen LogP contribution < -0.4 is 9.47 Å². The second-order valence-corrected chi connectivity index (χ2v) is 2.69. The molecule has 0 bridgehead atoms. The molecule has 0 N–H and O–H groups in total. The van der Waals surface area contributed by atoms with E-state index >= 15 is 0 Å². The molecule has 0 aliphatic carbocycles. The van der Waals surface area contributed by atoms with E-state index in [-0.39, 0.29) is 5.75 Å².